The highest BCUT2D eigenvalue weighted by molar-refractivity contribution is 6.04. The highest BCUT2D eigenvalue weighted by atomic mass is 16.6. The Kier molecular flexibility index (Phi) is 7.52. The Morgan fingerprint density at radius 2 is 1.77 bits per heavy atom. The van der Waals surface area contributed by atoms with Crippen LogP contribution in [0.2, 0.25) is 0 Å². The second-order valence-electron chi connectivity index (χ2n) is 6.23. The zero-order chi connectivity index (χ0) is 17.6. The molecule has 0 aromatic carbocycles. The van der Waals surface area contributed by atoms with Crippen LogP contribution in [0, 0.1) is 5.92 Å². The zero-order valence-corrected chi connectivity index (χ0v) is 14.0. The summed E-state index contributed by atoms with van der Waals surface area (Å²) in [6.45, 7) is 8.32. The largest absolute Gasteiger partial charge is 0.479 e. The number of carbonyl (C=O) groups is 3. The van der Waals surface area contributed by atoms with Gasteiger partial charge in [-0.2, -0.15) is 0 Å². The van der Waals surface area contributed by atoms with Gasteiger partial charge >= 0.3 is 17.9 Å². The fourth-order valence-electron chi connectivity index (χ4n) is 1.67. The SMILES string of the molecule is CCCCOC(=O)CC(C)(C)OC(=O)C(N)(C(=O)O)C(C)C. The van der Waals surface area contributed by atoms with Gasteiger partial charge in [-0.15, -0.1) is 0 Å². The molecule has 7 heteroatoms. The number of esters is 2. The van der Waals surface area contributed by atoms with Crippen molar-refractivity contribution in [1.29, 1.82) is 0 Å². The van der Waals surface area contributed by atoms with E-state index in [0.29, 0.717) is 6.61 Å². The Morgan fingerprint density at radius 1 is 1.23 bits per heavy atom. The first kappa shape index (κ1) is 20.4. The topological polar surface area (TPSA) is 116 Å². The molecule has 22 heavy (non-hydrogen) atoms. The average Bonchev–Trinajstić information content (AvgIpc) is 2.35. The quantitative estimate of drug-likeness (QED) is 0.376. The van der Waals surface area contributed by atoms with Crippen LogP contribution in [0.3, 0.4) is 0 Å². The maximum absolute atomic E-state index is 12.1. The van der Waals surface area contributed by atoms with Gasteiger partial charge in [0.05, 0.1) is 13.0 Å². The third-order valence-electron chi connectivity index (χ3n) is 3.30. The van der Waals surface area contributed by atoms with E-state index in [2.05, 4.69) is 0 Å². The standard InChI is InChI=1S/C15H27NO6/c1-6-7-8-21-11(17)9-14(4,5)22-13(20)15(16,10(2)3)12(18)19/h10H,6-9,16H2,1-5H3,(H,18,19). The van der Waals surface area contributed by atoms with Gasteiger partial charge in [-0.1, -0.05) is 27.2 Å². The highest BCUT2D eigenvalue weighted by Gasteiger charge is 2.49. The van der Waals surface area contributed by atoms with Crippen molar-refractivity contribution in [3.8, 4) is 0 Å². The smallest absolute Gasteiger partial charge is 0.338 e. The number of carboxylic acids is 1. The number of rotatable bonds is 9. The molecule has 3 N–H and O–H groups in total. The minimum absolute atomic E-state index is 0.170. The molecule has 0 aliphatic heterocycles. The van der Waals surface area contributed by atoms with Crippen LogP contribution in [0.4, 0.5) is 0 Å². The number of nitrogens with two attached hydrogens (primary N) is 1. The molecule has 0 radical (unpaired) electrons. The maximum atomic E-state index is 12.1. The Labute approximate surface area is 131 Å². The van der Waals surface area contributed by atoms with Gasteiger partial charge in [0.2, 0.25) is 5.54 Å². The van der Waals surface area contributed by atoms with Crippen LogP contribution in [0.1, 0.15) is 53.9 Å². The van der Waals surface area contributed by atoms with Gasteiger partial charge in [-0.25, -0.2) is 9.59 Å². The minimum atomic E-state index is -2.15. The molecule has 0 fully saturated rings. The Bertz CT molecular complexity index is 418. The van der Waals surface area contributed by atoms with Crippen LogP contribution in [-0.4, -0.2) is 40.8 Å². The van der Waals surface area contributed by atoms with E-state index in [4.69, 9.17) is 15.2 Å². The molecule has 0 rings (SSSR count). The summed E-state index contributed by atoms with van der Waals surface area (Å²) < 4.78 is 10.2. The average molecular weight is 317 g/mol. The van der Waals surface area contributed by atoms with Gasteiger partial charge in [-0.05, 0) is 26.2 Å². The van der Waals surface area contributed by atoms with Crippen molar-refractivity contribution in [1.82, 2.24) is 0 Å². The lowest BCUT2D eigenvalue weighted by Crippen LogP contribution is -2.61. The number of unbranched alkanes of at least 4 members (excludes halogenated alkanes) is 1. The predicted molar refractivity (Wildman–Crippen MR) is 80.0 cm³/mol. The molecule has 0 aromatic rings. The van der Waals surface area contributed by atoms with Crippen LogP contribution < -0.4 is 5.73 Å². The van der Waals surface area contributed by atoms with Crippen molar-refractivity contribution in [3.63, 3.8) is 0 Å². The van der Waals surface area contributed by atoms with Crippen LogP contribution in [0.15, 0.2) is 0 Å². The molecule has 7 nitrogen and oxygen atoms in total. The summed E-state index contributed by atoms with van der Waals surface area (Å²) in [7, 11) is 0. The van der Waals surface area contributed by atoms with E-state index < -0.39 is 35.0 Å². The number of carboxylic acid groups (broad SMARTS) is 1. The second-order valence-corrected chi connectivity index (χ2v) is 6.23. The molecule has 1 atom stereocenters. The normalized spacial score (nSPS) is 14.3. The van der Waals surface area contributed by atoms with Gasteiger partial charge in [0.15, 0.2) is 0 Å². The van der Waals surface area contributed by atoms with Gasteiger partial charge in [0.25, 0.3) is 0 Å². The Balaban J connectivity index is 4.79. The summed E-state index contributed by atoms with van der Waals surface area (Å²) in [5.74, 6) is -3.70. The molecule has 0 aliphatic rings. The summed E-state index contributed by atoms with van der Waals surface area (Å²) in [4.78, 5) is 35.1. The van der Waals surface area contributed by atoms with Crippen LogP contribution in [-0.2, 0) is 23.9 Å². The van der Waals surface area contributed by atoms with E-state index in [1.807, 2.05) is 6.92 Å². The molecule has 0 amide bonds. The van der Waals surface area contributed by atoms with Crippen molar-refractivity contribution < 1.29 is 29.0 Å². The van der Waals surface area contributed by atoms with Gasteiger partial charge < -0.3 is 20.3 Å². The first-order valence-corrected chi connectivity index (χ1v) is 7.38. The van der Waals surface area contributed by atoms with Gasteiger partial charge in [0, 0.05) is 0 Å². The fourth-order valence-corrected chi connectivity index (χ4v) is 1.67. The molecular formula is C15H27NO6. The number of hydrogen-bond acceptors (Lipinski definition) is 6. The molecule has 1 unspecified atom stereocenters. The lowest BCUT2D eigenvalue weighted by molar-refractivity contribution is -0.175. The van der Waals surface area contributed by atoms with E-state index in [-0.39, 0.29) is 6.42 Å². The number of aliphatic carboxylic acids is 1. The maximum Gasteiger partial charge on any atom is 0.338 e. The van der Waals surface area contributed by atoms with Crippen LogP contribution >= 0.6 is 0 Å². The van der Waals surface area contributed by atoms with Crippen LogP contribution in [0.25, 0.3) is 0 Å². The molecule has 0 heterocycles. The lowest BCUT2D eigenvalue weighted by Gasteiger charge is -2.32. The molecule has 0 spiro atoms. The molecule has 0 saturated carbocycles. The summed E-state index contributed by atoms with van der Waals surface area (Å²) in [6, 6.07) is 0. The molecule has 0 aliphatic carbocycles. The second kappa shape index (κ2) is 8.12. The monoisotopic (exact) mass is 317 g/mol. The summed E-state index contributed by atoms with van der Waals surface area (Å²) >= 11 is 0. The Hall–Kier alpha value is -1.63. The third-order valence-corrected chi connectivity index (χ3v) is 3.30. The fraction of sp³-hybridized carbons (Fsp3) is 0.800. The first-order chi connectivity index (χ1) is 9.97. The first-order valence-electron chi connectivity index (χ1n) is 7.38. The summed E-state index contributed by atoms with van der Waals surface area (Å²) in [5.41, 5.74) is 2.32. The summed E-state index contributed by atoms with van der Waals surface area (Å²) in [5, 5.41) is 9.18. The van der Waals surface area contributed by atoms with E-state index in [1.165, 1.54) is 27.7 Å². The van der Waals surface area contributed by atoms with Crippen LogP contribution in [0.5, 0.6) is 0 Å². The zero-order valence-electron chi connectivity index (χ0n) is 14.0. The van der Waals surface area contributed by atoms with Gasteiger partial charge in [-0.3, -0.25) is 4.79 Å². The minimum Gasteiger partial charge on any atom is -0.479 e. The molecule has 128 valence electrons. The van der Waals surface area contributed by atoms with Crippen molar-refractivity contribution in [2.45, 2.75) is 65.0 Å². The van der Waals surface area contributed by atoms with Crippen molar-refractivity contribution in [3.05, 3.63) is 0 Å². The predicted octanol–water partition coefficient (Wildman–Crippen LogP) is 1.48. The molecule has 0 saturated heterocycles. The highest BCUT2D eigenvalue weighted by Crippen LogP contribution is 2.23. The lowest BCUT2D eigenvalue weighted by atomic mass is 9.87. The van der Waals surface area contributed by atoms with E-state index >= 15 is 0 Å². The van der Waals surface area contributed by atoms with Crippen molar-refractivity contribution in [2.24, 2.45) is 11.7 Å². The van der Waals surface area contributed by atoms with Crippen molar-refractivity contribution >= 4 is 17.9 Å². The van der Waals surface area contributed by atoms with E-state index in [1.54, 1.807) is 0 Å². The number of ether oxygens (including phenoxy) is 2. The van der Waals surface area contributed by atoms with Crippen molar-refractivity contribution in [2.75, 3.05) is 6.61 Å². The molecule has 0 aromatic heterocycles. The molecule has 0 bridgehead atoms. The third kappa shape index (κ3) is 5.63. The Morgan fingerprint density at radius 3 is 2.18 bits per heavy atom. The van der Waals surface area contributed by atoms with Gasteiger partial charge in [0.1, 0.15) is 5.60 Å². The number of hydrogen-bond donors (Lipinski definition) is 2. The van der Waals surface area contributed by atoms with E-state index in [9.17, 15) is 19.5 Å². The molecular weight excluding hydrogens is 290 g/mol. The van der Waals surface area contributed by atoms with E-state index in [0.717, 1.165) is 12.8 Å². The summed E-state index contributed by atoms with van der Waals surface area (Å²) in [6.07, 6.45) is 1.48. The number of carbonyl (C=O) groups excluding carboxylic acids is 2.